The average molecular weight is 212 g/mol. The molecule has 0 aromatic carbocycles. The van der Waals surface area contributed by atoms with Gasteiger partial charge in [-0.1, -0.05) is 34.6 Å². The van der Waals surface area contributed by atoms with Crippen LogP contribution >= 0.6 is 0 Å². The summed E-state index contributed by atoms with van der Waals surface area (Å²) in [5.74, 6) is 1.01. The van der Waals surface area contributed by atoms with Gasteiger partial charge in [-0.15, -0.1) is 0 Å². The molecule has 0 fully saturated rings. The summed E-state index contributed by atoms with van der Waals surface area (Å²) >= 11 is 0. The quantitative estimate of drug-likeness (QED) is 0.615. The summed E-state index contributed by atoms with van der Waals surface area (Å²) in [5.41, 5.74) is -0.195. The van der Waals surface area contributed by atoms with E-state index in [4.69, 9.17) is 4.43 Å². The Hall–Kier alpha value is -0.573. The molecule has 0 bridgehead atoms. The van der Waals surface area contributed by atoms with E-state index < -0.39 is 0 Å². The third kappa shape index (κ3) is 1.65. The summed E-state index contributed by atoms with van der Waals surface area (Å²) in [5, 5.41) is 0. The maximum absolute atomic E-state index is 11.9. The first-order chi connectivity index (χ1) is 6.21. The maximum Gasteiger partial charge on any atom is 0.204 e. The van der Waals surface area contributed by atoms with E-state index in [1.54, 1.807) is 0 Å². The Bertz CT molecular complexity index is 284. The van der Waals surface area contributed by atoms with Gasteiger partial charge in [-0.3, -0.25) is 4.79 Å². The van der Waals surface area contributed by atoms with Crippen molar-refractivity contribution in [1.82, 2.24) is 0 Å². The second-order valence-corrected chi connectivity index (χ2v) is 6.04. The molecule has 1 aliphatic carbocycles. The first-order valence-corrected chi connectivity index (χ1v) is 5.83. The molecule has 0 aromatic rings. The van der Waals surface area contributed by atoms with Crippen molar-refractivity contribution in [3.8, 4) is 0 Å². The first-order valence-electron chi connectivity index (χ1n) is 5.02. The molecule has 2 nitrogen and oxygen atoms in total. The van der Waals surface area contributed by atoms with Crippen LogP contribution in [0.1, 0.15) is 34.6 Å². The summed E-state index contributed by atoms with van der Waals surface area (Å²) in [6.45, 7) is 10.5. The fraction of sp³-hybridized carbons (Fsp3) is 0.727. The number of rotatable bonds is 1. The van der Waals surface area contributed by atoms with E-state index in [0.717, 1.165) is 0 Å². The van der Waals surface area contributed by atoms with Crippen LogP contribution in [0.15, 0.2) is 11.8 Å². The van der Waals surface area contributed by atoms with Crippen molar-refractivity contribution in [2.75, 3.05) is 0 Å². The molecule has 0 saturated carbocycles. The van der Waals surface area contributed by atoms with Crippen LogP contribution in [-0.4, -0.2) is 16.3 Å². The van der Waals surface area contributed by atoms with Crippen LogP contribution in [-0.2, 0) is 9.22 Å². The molecular weight excluding hydrogens is 192 g/mol. The van der Waals surface area contributed by atoms with Crippen molar-refractivity contribution in [3.63, 3.8) is 0 Å². The van der Waals surface area contributed by atoms with Crippen LogP contribution in [0.25, 0.3) is 0 Å². The predicted molar refractivity (Wildman–Crippen MR) is 60.8 cm³/mol. The highest BCUT2D eigenvalue weighted by Crippen LogP contribution is 2.47. The first kappa shape index (κ1) is 11.5. The molecule has 0 aromatic heterocycles. The minimum Gasteiger partial charge on any atom is -0.551 e. The van der Waals surface area contributed by atoms with Gasteiger partial charge in [0.1, 0.15) is 5.76 Å². The molecule has 14 heavy (non-hydrogen) atoms. The highest BCUT2D eigenvalue weighted by Gasteiger charge is 2.48. The van der Waals surface area contributed by atoms with Crippen molar-refractivity contribution < 1.29 is 9.22 Å². The SMILES string of the molecule is CC(C)(C)C1C=C(O[SiH3])C(=O)C1(C)C. The number of carbonyl (C=O) groups excluding carboxylic acids is 1. The fourth-order valence-electron chi connectivity index (χ4n) is 2.39. The monoisotopic (exact) mass is 212 g/mol. The van der Waals surface area contributed by atoms with Crippen LogP contribution in [0.5, 0.6) is 0 Å². The molecule has 0 spiro atoms. The molecule has 0 aliphatic heterocycles. The van der Waals surface area contributed by atoms with Gasteiger partial charge in [0.05, 0.1) is 0 Å². The molecule has 1 unspecified atom stereocenters. The highest BCUT2D eigenvalue weighted by molar-refractivity contribution is 6.07. The van der Waals surface area contributed by atoms with Crippen LogP contribution in [0.3, 0.4) is 0 Å². The average Bonchev–Trinajstić information content (AvgIpc) is 2.23. The van der Waals surface area contributed by atoms with Crippen LogP contribution in [0.2, 0.25) is 0 Å². The summed E-state index contributed by atoms with van der Waals surface area (Å²) in [7, 11) is 0.588. The zero-order chi connectivity index (χ0) is 11.1. The third-order valence-corrected chi connectivity index (χ3v) is 3.50. The second-order valence-electron chi connectivity index (χ2n) is 5.63. The predicted octanol–water partition coefficient (Wildman–Crippen LogP) is 1.44. The standard InChI is InChI=1S/C11H20O2Si/c1-10(2,3)8-6-7(13-14)9(12)11(8,4)5/h6,8H,1-5,14H3. The van der Waals surface area contributed by atoms with Gasteiger partial charge in [0.2, 0.25) is 16.3 Å². The van der Waals surface area contributed by atoms with E-state index in [2.05, 4.69) is 20.8 Å². The lowest BCUT2D eigenvalue weighted by Crippen LogP contribution is -2.35. The molecule has 80 valence electrons. The van der Waals surface area contributed by atoms with Crippen molar-refractivity contribution in [2.45, 2.75) is 34.6 Å². The Morgan fingerprint density at radius 2 is 1.93 bits per heavy atom. The summed E-state index contributed by atoms with van der Waals surface area (Å²) < 4.78 is 5.23. The van der Waals surface area contributed by atoms with Gasteiger partial charge < -0.3 is 4.43 Å². The molecule has 0 radical (unpaired) electrons. The Morgan fingerprint density at radius 1 is 1.43 bits per heavy atom. The zero-order valence-corrected chi connectivity index (χ0v) is 12.0. The van der Waals surface area contributed by atoms with Gasteiger partial charge in [0.15, 0.2) is 0 Å². The molecule has 0 amide bonds. The number of hydrogen-bond donors (Lipinski definition) is 0. The Kier molecular flexibility index (Phi) is 2.65. The maximum atomic E-state index is 11.9. The smallest absolute Gasteiger partial charge is 0.204 e. The summed E-state index contributed by atoms with van der Waals surface area (Å²) in [6.07, 6.45) is 2.01. The number of allylic oxidation sites excluding steroid dienone is 2. The normalized spacial score (nSPS) is 26.5. The molecule has 0 N–H and O–H groups in total. The van der Waals surface area contributed by atoms with Crippen LogP contribution < -0.4 is 0 Å². The second kappa shape index (κ2) is 3.23. The Labute approximate surface area is 89.3 Å². The third-order valence-electron chi connectivity index (χ3n) is 3.06. The molecule has 3 heteroatoms. The van der Waals surface area contributed by atoms with E-state index in [-0.39, 0.29) is 22.5 Å². The van der Waals surface area contributed by atoms with Crippen molar-refractivity contribution in [3.05, 3.63) is 11.8 Å². The van der Waals surface area contributed by atoms with E-state index in [0.29, 0.717) is 16.2 Å². The number of Topliss-reactive ketones (excluding diaryl/α,β-unsaturated/α-hetero) is 1. The lowest BCUT2D eigenvalue weighted by Gasteiger charge is -2.35. The van der Waals surface area contributed by atoms with E-state index in [1.807, 2.05) is 19.9 Å². The van der Waals surface area contributed by atoms with Gasteiger partial charge in [0.25, 0.3) is 0 Å². The molecule has 1 atom stereocenters. The Balaban J connectivity index is 3.10. The van der Waals surface area contributed by atoms with Gasteiger partial charge >= 0.3 is 0 Å². The lowest BCUT2D eigenvalue weighted by molar-refractivity contribution is -0.126. The van der Waals surface area contributed by atoms with Crippen LogP contribution in [0, 0.1) is 16.7 Å². The van der Waals surface area contributed by atoms with E-state index in [9.17, 15) is 4.79 Å². The number of carbonyl (C=O) groups is 1. The van der Waals surface area contributed by atoms with Gasteiger partial charge in [-0.25, -0.2) is 0 Å². The lowest BCUT2D eigenvalue weighted by atomic mass is 9.67. The van der Waals surface area contributed by atoms with Gasteiger partial charge in [0, 0.05) is 5.41 Å². The van der Waals surface area contributed by atoms with Crippen molar-refractivity contribution in [2.24, 2.45) is 16.7 Å². The van der Waals surface area contributed by atoms with Gasteiger partial charge in [-0.2, -0.15) is 0 Å². The molecule has 1 rings (SSSR count). The Morgan fingerprint density at radius 3 is 2.14 bits per heavy atom. The minimum absolute atomic E-state index is 0.112. The van der Waals surface area contributed by atoms with Crippen LogP contribution in [0.4, 0.5) is 0 Å². The summed E-state index contributed by atoms with van der Waals surface area (Å²) in [4.78, 5) is 11.9. The molecule has 0 heterocycles. The largest absolute Gasteiger partial charge is 0.551 e. The summed E-state index contributed by atoms with van der Waals surface area (Å²) in [6, 6.07) is 0. The fourth-order valence-corrected chi connectivity index (χ4v) is 2.71. The van der Waals surface area contributed by atoms with E-state index in [1.165, 1.54) is 0 Å². The topological polar surface area (TPSA) is 26.3 Å². The number of hydrogen-bond acceptors (Lipinski definition) is 2. The van der Waals surface area contributed by atoms with Crippen molar-refractivity contribution in [1.29, 1.82) is 0 Å². The van der Waals surface area contributed by atoms with Gasteiger partial charge in [-0.05, 0) is 17.4 Å². The van der Waals surface area contributed by atoms with Crippen molar-refractivity contribution >= 4 is 16.3 Å². The highest BCUT2D eigenvalue weighted by atomic mass is 28.2. The van der Waals surface area contributed by atoms with E-state index >= 15 is 0 Å². The molecule has 1 aliphatic rings. The molecule has 0 saturated heterocycles. The minimum atomic E-state index is -0.308. The molecular formula is C11H20O2Si. The zero-order valence-electron chi connectivity index (χ0n) is 9.97. The number of ketones is 1.